The molecule has 92 valence electrons. The van der Waals surface area contributed by atoms with E-state index < -0.39 is 0 Å². The quantitative estimate of drug-likeness (QED) is 0.770. The Hall–Kier alpha value is -0.830. The largest absolute Gasteiger partial charge is 0.310 e. The highest BCUT2D eigenvalue weighted by Crippen LogP contribution is 2.08. The van der Waals surface area contributed by atoms with E-state index in [1.54, 1.807) is 0 Å². The van der Waals surface area contributed by atoms with E-state index in [1.165, 1.54) is 36.9 Å². The predicted octanol–water partition coefficient (Wildman–Crippen LogP) is 2.79. The van der Waals surface area contributed by atoms with E-state index in [2.05, 4.69) is 31.2 Å². The summed E-state index contributed by atoms with van der Waals surface area (Å²) in [6, 6.07) is 0.652. The summed E-state index contributed by atoms with van der Waals surface area (Å²) in [6.45, 7) is 7.57. The SMILES string of the molecule is CCCCC(CC)NCc1cnn(C)c1C. The van der Waals surface area contributed by atoms with Crippen LogP contribution in [-0.4, -0.2) is 15.8 Å². The molecule has 16 heavy (non-hydrogen) atoms. The molecule has 1 heterocycles. The van der Waals surface area contributed by atoms with Crippen LogP contribution in [0, 0.1) is 6.92 Å². The molecule has 1 aromatic rings. The Bertz CT molecular complexity index is 304. The number of unbranched alkanes of at least 4 members (excludes halogenated alkanes) is 1. The Morgan fingerprint density at radius 2 is 2.19 bits per heavy atom. The second-order valence-electron chi connectivity index (χ2n) is 4.51. The second-order valence-corrected chi connectivity index (χ2v) is 4.51. The number of rotatable bonds is 7. The van der Waals surface area contributed by atoms with Crippen LogP contribution in [0.2, 0.25) is 0 Å². The van der Waals surface area contributed by atoms with Crippen molar-refractivity contribution in [3.63, 3.8) is 0 Å². The van der Waals surface area contributed by atoms with Gasteiger partial charge in [-0.2, -0.15) is 5.10 Å². The lowest BCUT2D eigenvalue weighted by molar-refractivity contribution is 0.451. The van der Waals surface area contributed by atoms with Crippen molar-refractivity contribution in [1.82, 2.24) is 15.1 Å². The zero-order valence-corrected chi connectivity index (χ0v) is 11.1. The highest BCUT2D eigenvalue weighted by atomic mass is 15.3. The molecule has 0 fully saturated rings. The van der Waals surface area contributed by atoms with Crippen molar-refractivity contribution in [2.45, 2.75) is 59.0 Å². The van der Waals surface area contributed by atoms with Crippen molar-refractivity contribution in [2.24, 2.45) is 7.05 Å². The van der Waals surface area contributed by atoms with E-state index in [-0.39, 0.29) is 0 Å². The van der Waals surface area contributed by atoms with E-state index in [0.29, 0.717) is 6.04 Å². The van der Waals surface area contributed by atoms with Gasteiger partial charge in [0.1, 0.15) is 0 Å². The lowest BCUT2D eigenvalue weighted by atomic mass is 10.1. The zero-order chi connectivity index (χ0) is 12.0. The molecule has 0 aliphatic heterocycles. The maximum atomic E-state index is 4.26. The average Bonchev–Trinajstić information content (AvgIpc) is 2.61. The van der Waals surface area contributed by atoms with Gasteiger partial charge < -0.3 is 5.32 Å². The van der Waals surface area contributed by atoms with E-state index in [1.807, 2.05) is 17.9 Å². The third-order valence-electron chi connectivity index (χ3n) is 3.32. The summed E-state index contributed by atoms with van der Waals surface area (Å²) >= 11 is 0. The van der Waals surface area contributed by atoms with Gasteiger partial charge in [-0.25, -0.2) is 0 Å². The number of nitrogens with one attached hydrogen (secondary N) is 1. The first-order valence-electron chi connectivity index (χ1n) is 6.39. The minimum atomic E-state index is 0.652. The molecule has 3 nitrogen and oxygen atoms in total. The van der Waals surface area contributed by atoms with Crippen LogP contribution in [0.3, 0.4) is 0 Å². The van der Waals surface area contributed by atoms with Gasteiger partial charge >= 0.3 is 0 Å². The Kier molecular flexibility index (Phi) is 5.53. The summed E-state index contributed by atoms with van der Waals surface area (Å²) in [7, 11) is 1.99. The summed E-state index contributed by atoms with van der Waals surface area (Å²) < 4.78 is 1.93. The molecule has 0 aliphatic carbocycles. The van der Waals surface area contributed by atoms with Crippen LogP contribution in [0.15, 0.2) is 6.20 Å². The molecular formula is C13H25N3. The van der Waals surface area contributed by atoms with Gasteiger partial charge in [-0.05, 0) is 19.8 Å². The van der Waals surface area contributed by atoms with Gasteiger partial charge in [-0.1, -0.05) is 26.7 Å². The highest BCUT2D eigenvalue weighted by Gasteiger charge is 2.07. The molecule has 0 aliphatic rings. The molecule has 0 radical (unpaired) electrons. The van der Waals surface area contributed by atoms with Gasteiger partial charge in [0, 0.05) is 30.9 Å². The predicted molar refractivity (Wildman–Crippen MR) is 68.4 cm³/mol. The van der Waals surface area contributed by atoms with Crippen LogP contribution in [0.4, 0.5) is 0 Å². The van der Waals surface area contributed by atoms with Gasteiger partial charge in [0.2, 0.25) is 0 Å². The fourth-order valence-corrected chi connectivity index (χ4v) is 1.87. The van der Waals surface area contributed by atoms with Gasteiger partial charge in [0.25, 0.3) is 0 Å². The van der Waals surface area contributed by atoms with Crippen LogP contribution in [0.25, 0.3) is 0 Å². The fraction of sp³-hybridized carbons (Fsp3) is 0.769. The molecule has 0 aromatic carbocycles. The smallest absolute Gasteiger partial charge is 0.0537 e. The van der Waals surface area contributed by atoms with Gasteiger partial charge in [-0.15, -0.1) is 0 Å². The normalized spacial score (nSPS) is 13.0. The van der Waals surface area contributed by atoms with E-state index in [4.69, 9.17) is 0 Å². The Morgan fingerprint density at radius 1 is 1.44 bits per heavy atom. The molecule has 1 aromatic heterocycles. The molecular weight excluding hydrogens is 198 g/mol. The summed E-state index contributed by atoms with van der Waals surface area (Å²) in [5, 5.41) is 7.88. The zero-order valence-electron chi connectivity index (χ0n) is 11.1. The first kappa shape index (κ1) is 13.2. The van der Waals surface area contributed by atoms with Gasteiger partial charge in [0.15, 0.2) is 0 Å². The molecule has 1 atom stereocenters. The Labute approximate surface area is 99.2 Å². The maximum Gasteiger partial charge on any atom is 0.0537 e. The van der Waals surface area contributed by atoms with Crippen LogP contribution in [-0.2, 0) is 13.6 Å². The first-order valence-corrected chi connectivity index (χ1v) is 6.39. The molecule has 0 bridgehead atoms. The molecule has 3 heteroatoms. The number of nitrogens with zero attached hydrogens (tertiary/aromatic N) is 2. The lowest BCUT2D eigenvalue weighted by Crippen LogP contribution is -2.27. The summed E-state index contributed by atoms with van der Waals surface area (Å²) in [6.07, 6.45) is 7.06. The molecule has 0 amide bonds. The summed E-state index contributed by atoms with van der Waals surface area (Å²) in [5.41, 5.74) is 2.58. The van der Waals surface area contributed by atoms with Gasteiger partial charge in [-0.3, -0.25) is 4.68 Å². The van der Waals surface area contributed by atoms with Crippen molar-refractivity contribution in [3.05, 3.63) is 17.5 Å². The second kappa shape index (κ2) is 6.69. The molecule has 1 N–H and O–H groups in total. The number of hydrogen-bond acceptors (Lipinski definition) is 2. The Balaban J connectivity index is 2.40. The standard InChI is InChI=1S/C13H25N3/c1-5-7-8-13(6-2)14-9-12-10-15-16(4)11(12)3/h10,13-14H,5-9H2,1-4H3. The van der Waals surface area contributed by atoms with Crippen molar-refractivity contribution in [1.29, 1.82) is 0 Å². The molecule has 0 saturated carbocycles. The van der Waals surface area contributed by atoms with Crippen LogP contribution < -0.4 is 5.32 Å². The van der Waals surface area contributed by atoms with Crippen LogP contribution >= 0.6 is 0 Å². The molecule has 1 unspecified atom stereocenters. The van der Waals surface area contributed by atoms with Crippen molar-refractivity contribution < 1.29 is 0 Å². The van der Waals surface area contributed by atoms with E-state index >= 15 is 0 Å². The van der Waals surface area contributed by atoms with Crippen molar-refractivity contribution >= 4 is 0 Å². The average molecular weight is 223 g/mol. The minimum Gasteiger partial charge on any atom is -0.310 e. The fourth-order valence-electron chi connectivity index (χ4n) is 1.87. The number of aromatic nitrogens is 2. The van der Waals surface area contributed by atoms with Gasteiger partial charge in [0.05, 0.1) is 6.20 Å². The minimum absolute atomic E-state index is 0.652. The molecule has 1 rings (SSSR count). The maximum absolute atomic E-state index is 4.26. The van der Waals surface area contributed by atoms with Crippen molar-refractivity contribution in [3.8, 4) is 0 Å². The summed E-state index contributed by atoms with van der Waals surface area (Å²) in [5.74, 6) is 0. The van der Waals surface area contributed by atoms with Crippen LogP contribution in [0.5, 0.6) is 0 Å². The third-order valence-corrected chi connectivity index (χ3v) is 3.32. The monoisotopic (exact) mass is 223 g/mol. The lowest BCUT2D eigenvalue weighted by Gasteiger charge is -2.16. The molecule has 0 saturated heterocycles. The third kappa shape index (κ3) is 3.63. The highest BCUT2D eigenvalue weighted by molar-refractivity contribution is 5.15. The van der Waals surface area contributed by atoms with Crippen molar-refractivity contribution in [2.75, 3.05) is 0 Å². The van der Waals surface area contributed by atoms with Crippen LogP contribution in [0.1, 0.15) is 50.8 Å². The topological polar surface area (TPSA) is 29.9 Å². The number of aryl methyl sites for hydroxylation is 1. The number of hydrogen-bond donors (Lipinski definition) is 1. The summed E-state index contributed by atoms with van der Waals surface area (Å²) in [4.78, 5) is 0. The first-order chi connectivity index (χ1) is 7.69. The Morgan fingerprint density at radius 3 is 2.69 bits per heavy atom. The van der Waals surface area contributed by atoms with E-state index in [9.17, 15) is 0 Å². The molecule has 0 spiro atoms. The van der Waals surface area contributed by atoms with E-state index in [0.717, 1.165) is 6.54 Å².